The number of amides is 1. The third kappa shape index (κ3) is 6.71. The Morgan fingerprint density at radius 3 is 2.21 bits per heavy atom. The number of ether oxygens (including phenoxy) is 1. The highest BCUT2D eigenvalue weighted by molar-refractivity contribution is 5.93. The standard InChI is InChI=1S/C30H34N6O2.CH4/c1-6-35(7-2)28-18-25(31-22(3)37)26(19-29(28)38-5)32-33-30-20-27(24-16-12-9-13-17-24)34(4)36(30)21-23-14-10-8-11-15-23;/h8-20H,6-7,21H2,1-5H3;1H4/p+1. The minimum absolute atomic E-state index is 0. The SMILES string of the molecule is C.CCN(CC)c1cc(NC(C)=O)c(N=Nc2cc(-c3ccccc3)n(C)[n+]2Cc2ccccc2)cc1OC. The van der Waals surface area contributed by atoms with Crippen molar-refractivity contribution in [3.8, 4) is 17.0 Å². The van der Waals surface area contributed by atoms with Gasteiger partial charge in [0.1, 0.15) is 18.0 Å². The molecule has 1 heterocycles. The van der Waals surface area contributed by atoms with E-state index in [9.17, 15) is 4.79 Å². The van der Waals surface area contributed by atoms with Crippen LogP contribution in [-0.2, 0) is 18.4 Å². The summed E-state index contributed by atoms with van der Waals surface area (Å²) in [6.07, 6.45) is 0. The Bertz CT molecular complexity index is 1410. The summed E-state index contributed by atoms with van der Waals surface area (Å²) in [5.74, 6) is 1.19. The number of nitrogens with zero attached hydrogens (tertiary/aromatic N) is 5. The molecule has 4 aromatic rings. The van der Waals surface area contributed by atoms with Gasteiger partial charge in [-0.25, -0.2) is 4.68 Å². The first-order valence-electron chi connectivity index (χ1n) is 12.8. The average Bonchev–Trinajstić information content (AvgIpc) is 3.24. The van der Waals surface area contributed by atoms with Crippen molar-refractivity contribution < 1.29 is 14.2 Å². The van der Waals surface area contributed by atoms with Gasteiger partial charge in [0.05, 0.1) is 35.4 Å². The molecule has 3 aromatic carbocycles. The molecule has 8 heteroatoms. The van der Waals surface area contributed by atoms with Crippen molar-refractivity contribution in [2.45, 2.75) is 34.7 Å². The first-order valence-corrected chi connectivity index (χ1v) is 12.8. The Labute approximate surface area is 231 Å². The van der Waals surface area contributed by atoms with E-state index in [0.717, 1.165) is 35.6 Å². The second-order valence-electron chi connectivity index (χ2n) is 8.92. The van der Waals surface area contributed by atoms with E-state index in [1.54, 1.807) is 7.11 Å². The predicted octanol–water partition coefficient (Wildman–Crippen LogP) is 6.89. The largest absolute Gasteiger partial charge is 0.494 e. The van der Waals surface area contributed by atoms with Crippen LogP contribution in [0.25, 0.3) is 11.3 Å². The van der Waals surface area contributed by atoms with Crippen molar-refractivity contribution in [3.05, 3.63) is 84.4 Å². The molecule has 39 heavy (non-hydrogen) atoms. The second-order valence-corrected chi connectivity index (χ2v) is 8.92. The fourth-order valence-electron chi connectivity index (χ4n) is 4.49. The lowest BCUT2D eigenvalue weighted by Crippen LogP contribution is -2.42. The van der Waals surface area contributed by atoms with Crippen LogP contribution in [0, 0.1) is 0 Å². The minimum Gasteiger partial charge on any atom is -0.494 e. The fraction of sp³-hybridized carbons (Fsp3) is 0.290. The lowest BCUT2D eigenvalue weighted by atomic mass is 10.1. The number of benzene rings is 3. The predicted molar refractivity (Wildman–Crippen MR) is 158 cm³/mol. The Balaban J connectivity index is 0.00000420. The highest BCUT2D eigenvalue weighted by atomic mass is 16.5. The van der Waals surface area contributed by atoms with Crippen molar-refractivity contribution >= 4 is 28.8 Å². The van der Waals surface area contributed by atoms with Gasteiger partial charge in [0, 0.05) is 38.7 Å². The van der Waals surface area contributed by atoms with E-state index in [2.05, 4.69) is 67.9 Å². The van der Waals surface area contributed by atoms with Crippen molar-refractivity contribution in [3.63, 3.8) is 0 Å². The Kier molecular flexibility index (Phi) is 9.98. The fourth-order valence-corrected chi connectivity index (χ4v) is 4.49. The zero-order chi connectivity index (χ0) is 27.1. The quantitative estimate of drug-likeness (QED) is 0.180. The summed E-state index contributed by atoms with van der Waals surface area (Å²) in [7, 11) is 3.66. The van der Waals surface area contributed by atoms with Gasteiger partial charge in [-0.3, -0.25) is 4.79 Å². The molecule has 0 aliphatic carbocycles. The summed E-state index contributed by atoms with van der Waals surface area (Å²) in [5, 5.41) is 12.2. The van der Waals surface area contributed by atoms with Crippen molar-refractivity contribution in [2.75, 3.05) is 30.4 Å². The summed E-state index contributed by atoms with van der Waals surface area (Å²) in [6.45, 7) is 7.89. The molecule has 0 atom stereocenters. The van der Waals surface area contributed by atoms with Crippen molar-refractivity contribution in [1.82, 2.24) is 4.68 Å². The molecule has 1 amide bonds. The summed E-state index contributed by atoms with van der Waals surface area (Å²) in [5.41, 5.74) is 5.25. The molecule has 1 aromatic heterocycles. The number of carbonyl (C=O) groups excluding carboxylic acids is 1. The molecule has 4 rings (SSSR count). The first-order chi connectivity index (χ1) is 18.4. The molecular formula is C31H39N6O2+. The number of azo groups is 1. The number of hydrogen-bond acceptors (Lipinski definition) is 5. The van der Waals surface area contributed by atoms with E-state index < -0.39 is 0 Å². The van der Waals surface area contributed by atoms with Gasteiger partial charge >= 0.3 is 5.82 Å². The van der Waals surface area contributed by atoms with Gasteiger partial charge in [0.15, 0.2) is 0 Å². The smallest absolute Gasteiger partial charge is 0.371 e. The second kappa shape index (κ2) is 13.4. The number of aromatic nitrogens is 2. The van der Waals surface area contributed by atoms with E-state index in [1.807, 2.05) is 61.6 Å². The molecule has 204 valence electrons. The molecule has 0 fully saturated rings. The Hall–Kier alpha value is -4.46. The molecule has 0 aliphatic rings. The first kappa shape index (κ1) is 29.1. The molecule has 0 saturated carbocycles. The van der Waals surface area contributed by atoms with Gasteiger partial charge in [-0.1, -0.05) is 68.1 Å². The number of hydrogen-bond donors (Lipinski definition) is 1. The van der Waals surface area contributed by atoms with Gasteiger partial charge in [-0.05, 0) is 30.6 Å². The van der Waals surface area contributed by atoms with E-state index in [1.165, 1.54) is 6.92 Å². The summed E-state index contributed by atoms with van der Waals surface area (Å²) in [4.78, 5) is 14.2. The van der Waals surface area contributed by atoms with Crippen LogP contribution in [0.2, 0.25) is 0 Å². The third-order valence-electron chi connectivity index (χ3n) is 6.46. The maximum Gasteiger partial charge on any atom is 0.371 e. The van der Waals surface area contributed by atoms with Crippen LogP contribution in [0.4, 0.5) is 22.9 Å². The van der Waals surface area contributed by atoms with Crippen LogP contribution >= 0.6 is 0 Å². The Morgan fingerprint density at radius 2 is 1.62 bits per heavy atom. The van der Waals surface area contributed by atoms with Crippen LogP contribution in [0.1, 0.15) is 33.8 Å². The topological polar surface area (TPSA) is 75.1 Å². The molecule has 0 saturated heterocycles. The maximum atomic E-state index is 12.0. The molecule has 8 nitrogen and oxygen atoms in total. The van der Waals surface area contributed by atoms with E-state index in [-0.39, 0.29) is 13.3 Å². The molecule has 1 N–H and O–H groups in total. The summed E-state index contributed by atoms with van der Waals surface area (Å²) >= 11 is 0. The molecule has 0 spiro atoms. The van der Waals surface area contributed by atoms with Crippen LogP contribution < -0.4 is 19.6 Å². The van der Waals surface area contributed by atoms with Crippen LogP contribution in [0.5, 0.6) is 5.75 Å². The van der Waals surface area contributed by atoms with E-state index in [4.69, 9.17) is 4.74 Å². The normalized spacial score (nSPS) is 10.8. The number of methoxy groups -OCH3 is 1. The van der Waals surface area contributed by atoms with Gasteiger partial charge in [0.2, 0.25) is 5.91 Å². The third-order valence-corrected chi connectivity index (χ3v) is 6.46. The summed E-state index contributed by atoms with van der Waals surface area (Å²) in [6, 6.07) is 26.2. The maximum absolute atomic E-state index is 12.0. The zero-order valence-electron chi connectivity index (χ0n) is 22.7. The molecular weight excluding hydrogens is 488 g/mol. The number of nitrogens with one attached hydrogen (secondary N) is 1. The number of anilines is 2. The van der Waals surface area contributed by atoms with E-state index in [0.29, 0.717) is 29.5 Å². The van der Waals surface area contributed by atoms with Gasteiger partial charge in [-0.15, -0.1) is 4.68 Å². The summed E-state index contributed by atoms with van der Waals surface area (Å²) < 4.78 is 9.88. The molecule has 0 radical (unpaired) electrons. The molecule has 0 aliphatic heterocycles. The number of rotatable bonds is 10. The minimum atomic E-state index is -0.178. The molecule has 0 bridgehead atoms. The van der Waals surface area contributed by atoms with Crippen LogP contribution in [0.3, 0.4) is 0 Å². The van der Waals surface area contributed by atoms with Gasteiger partial charge in [0.25, 0.3) is 0 Å². The van der Waals surface area contributed by atoms with Crippen LogP contribution in [-0.4, -0.2) is 30.8 Å². The highest BCUT2D eigenvalue weighted by Gasteiger charge is 2.22. The lowest BCUT2D eigenvalue weighted by Gasteiger charge is -2.24. The van der Waals surface area contributed by atoms with Crippen molar-refractivity contribution in [1.29, 1.82) is 0 Å². The zero-order valence-corrected chi connectivity index (χ0v) is 22.7. The van der Waals surface area contributed by atoms with E-state index >= 15 is 0 Å². The van der Waals surface area contributed by atoms with Crippen molar-refractivity contribution in [2.24, 2.45) is 17.3 Å². The monoisotopic (exact) mass is 527 g/mol. The highest BCUT2D eigenvalue weighted by Crippen LogP contribution is 2.39. The average molecular weight is 528 g/mol. The van der Waals surface area contributed by atoms with Crippen LogP contribution in [0.15, 0.2) is 89.1 Å². The number of carbonyl (C=O) groups is 1. The molecule has 0 unspecified atom stereocenters. The Morgan fingerprint density at radius 1 is 0.974 bits per heavy atom. The van der Waals surface area contributed by atoms with Gasteiger partial charge < -0.3 is 15.0 Å². The lowest BCUT2D eigenvalue weighted by molar-refractivity contribution is -0.753. The van der Waals surface area contributed by atoms with Gasteiger partial charge in [-0.2, -0.15) is 0 Å².